The van der Waals surface area contributed by atoms with Gasteiger partial charge in [-0.1, -0.05) is 29.5 Å². The van der Waals surface area contributed by atoms with Crippen molar-refractivity contribution >= 4 is 38.0 Å². The van der Waals surface area contributed by atoms with Crippen LogP contribution in [0.4, 0.5) is 10.8 Å². The monoisotopic (exact) mass is 335 g/mol. The van der Waals surface area contributed by atoms with E-state index in [1.165, 1.54) is 27.0 Å². The summed E-state index contributed by atoms with van der Waals surface area (Å²) in [5.74, 6) is 0. The van der Waals surface area contributed by atoms with Crippen LogP contribution in [0.25, 0.3) is 15.9 Å². The summed E-state index contributed by atoms with van der Waals surface area (Å²) in [4.78, 5) is 17.7. The largest absolute Gasteiger partial charge is 0.330 e. The number of nitrogens with zero attached hydrogens (tertiary/aromatic N) is 3. The summed E-state index contributed by atoms with van der Waals surface area (Å²) in [7, 11) is 0. The van der Waals surface area contributed by atoms with Crippen LogP contribution in [0.15, 0.2) is 47.3 Å². The molecule has 0 aliphatic carbocycles. The quantitative estimate of drug-likeness (QED) is 0.589. The number of benzene rings is 2. The van der Waals surface area contributed by atoms with Crippen LogP contribution in [-0.4, -0.2) is 14.6 Å². The summed E-state index contributed by atoms with van der Waals surface area (Å²) in [5, 5.41) is 12.2. The van der Waals surface area contributed by atoms with E-state index >= 15 is 0 Å². The maximum Gasteiger partial charge on any atom is 0.283 e. The summed E-state index contributed by atoms with van der Waals surface area (Å²) >= 11 is 1.37. The molecule has 3 heterocycles. The normalized spacial score (nSPS) is 13.5. The third kappa shape index (κ3) is 2.10. The van der Waals surface area contributed by atoms with E-state index < -0.39 is 0 Å². The van der Waals surface area contributed by atoms with Gasteiger partial charge in [-0.25, -0.2) is 4.98 Å². The highest BCUT2D eigenvalue weighted by atomic mass is 32.1. The molecule has 5 rings (SSSR count). The van der Waals surface area contributed by atoms with Crippen LogP contribution in [0.1, 0.15) is 11.1 Å². The lowest BCUT2D eigenvalue weighted by molar-refractivity contribution is 0.765. The van der Waals surface area contributed by atoms with Crippen molar-refractivity contribution in [3.05, 3.63) is 63.9 Å². The zero-order chi connectivity index (χ0) is 16.1. The molecule has 0 unspecified atom stereocenters. The maximum absolute atomic E-state index is 12.5. The standard InChI is InChI=1S/C17H13N5OS/c23-15-13-3-1-2-4-14(13)20-17-22(15)21-16(24-17)19-12-6-5-10-8-18-9-11(10)7-12/h1-7,18H,8-9H2,(H,19,21). The minimum Gasteiger partial charge on any atom is -0.330 e. The minimum atomic E-state index is -0.141. The van der Waals surface area contributed by atoms with E-state index in [1.54, 1.807) is 6.07 Å². The highest BCUT2D eigenvalue weighted by molar-refractivity contribution is 7.20. The van der Waals surface area contributed by atoms with E-state index in [-0.39, 0.29) is 5.56 Å². The van der Waals surface area contributed by atoms with E-state index in [9.17, 15) is 4.79 Å². The second-order valence-corrected chi connectivity index (χ2v) is 6.70. The average Bonchev–Trinajstić information content (AvgIpc) is 3.21. The molecule has 1 aliphatic heterocycles. The molecule has 24 heavy (non-hydrogen) atoms. The first-order chi connectivity index (χ1) is 11.8. The van der Waals surface area contributed by atoms with Gasteiger partial charge in [0.05, 0.1) is 10.9 Å². The molecule has 118 valence electrons. The first-order valence-electron chi connectivity index (χ1n) is 7.66. The van der Waals surface area contributed by atoms with Crippen molar-refractivity contribution in [3.8, 4) is 0 Å². The summed E-state index contributed by atoms with van der Waals surface area (Å²) in [6.07, 6.45) is 0. The molecule has 0 spiro atoms. The number of fused-ring (bicyclic) bond motifs is 3. The van der Waals surface area contributed by atoms with Crippen LogP contribution in [-0.2, 0) is 13.1 Å². The molecule has 0 atom stereocenters. The Bertz CT molecular complexity index is 1150. The number of hydrogen-bond donors (Lipinski definition) is 2. The number of hydrogen-bond acceptors (Lipinski definition) is 6. The van der Waals surface area contributed by atoms with Crippen molar-refractivity contribution in [1.82, 2.24) is 19.9 Å². The maximum atomic E-state index is 12.5. The van der Waals surface area contributed by atoms with E-state index in [0.717, 1.165) is 18.8 Å². The first kappa shape index (κ1) is 13.6. The van der Waals surface area contributed by atoms with Gasteiger partial charge in [0.2, 0.25) is 10.1 Å². The van der Waals surface area contributed by atoms with Crippen molar-refractivity contribution in [2.24, 2.45) is 0 Å². The van der Waals surface area contributed by atoms with Gasteiger partial charge < -0.3 is 10.6 Å². The lowest BCUT2D eigenvalue weighted by atomic mass is 10.1. The highest BCUT2D eigenvalue weighted by Crippen LogP contribution is 2.25. The van der Waals surface area contributed by atoms with E-state index in [2.05, 4.69) is 32.8 Å². The molecule has 0 fully saturated rings. The van der Waals surface area contributed by atoms with Gasteiger partial charge in [0.25, 0.3) is 5.56 Å². The smallest absolute Gasteiger partial charge is 0.283 e. The Labute approximate surface area is 140 Å². The lowest BCUT2D eigenvalue weighted by Gasteiger charge is -2.04. The SMILES string of the molecule is O=c1c2ccccc2nc2sc(Nc3ccc4c(c3)CNC4)nn12. The Kier molecular flexibility index (Phi) is 2.91. The Morgan fingerprint density at radius 1 is 1.12 bits per heavy atom. The third-order valence-corrected chi connectivity index (χ3v) is 5.02. The van der Waals surface area contributed by atoms with Gasteiger partial charge in [-0.05, 0) is 35.4 Å². The van der Waals surface area contributed by atoms with Crippen molar-refractivity contribution in [3.63, 3.8) is 0 Å². The van der Waals surface area contributed by atoms with Gasteiger partial charge in [-0.2, -0.15) is 4.52 Å². The summed E-state index contributed by atoms with van der Waals surface area (Å²) in [5.41, 5.74) is 4.14. The minimum absolute atomic E-state index is 0.141. The van der Waals surface area contributed by atoms with Crippen molar-refractivity contribution in [2.75, 3.05) is 5.32 Å². The Balaban J connectivity index is 1.59. The molecule has 2 aromatic heterocycles. The summed E-state index contributed by atoms with van der Waals surface area (Å²) in [6.45, 7) is 1.81. The number of nitrogens with one attached hydrogen (secondary N) is 2. The molecule has 2 N–H and O–H groups in total. The van der Waals surface area contributed by atoms with Gasteiger partial charge in [0.15, 0.2) is 0 Å². The molecular formula is C17H13N5OS. The molecule has 6 nitrogen and oxygen atoms in total. The van der Waals surface area contributed by atoms with Gasteiger partial charge in [0.1, 0.15) is 0 Å². The van der Waals surface area contributed by atoms with Crippen LogP contribution >= 0.6 is 11.3 Å². The zero-order valence-corrected chi connectivity index (χ0v) is 13.4. The molecule has 0 bridgehead atoms. The van der Waals surface area contributed by atoms with E-state index in [4.69, 9.17) is 0 Å². The highest BCUT2D eigenvalue weighted by Gasteiger charge is 2.13. The summed E-state index contributed by atoms with van der Waals surface area (Å²) < 4.78 is 1.37. The fourth-order valence-corrected chi connectivity index (χ4v) is 3.82. The first-order valence-corrected chi connectivity index (χ1v) is 8.48. The van der Waals surface area contributed by atoms with Crippen molar-refractivity contribution in [1.29, 1.82) is 0 Å². The predicted octanol–water partition coefficient (Wildman–Crippen LogP) is 2.65. The van der Waals surface area contributed by atoms with Crippen LogP contribution in [0, 0.1) is 0 Å². The Morgan fingerprint density at radius 3 is 2.96 bits per heavy atom. The molecule has 0 saturated carbocycles. The summed E-state index contributed by atoms with van der Waals surface area (Å²) in [6, 6.07) is 13.6. The van der Waals surface area contributed by atoms with Gasteiger partial charge in [-0.15, -0.1) is 5.10 Å². The van der Waals surface area contributed by atoms with Gasteiger partial charge >= 0.3 is 0 Å². The fraction of sp³-hybridized carbons (Fsp3) is 0.118. The topological polar surface area (TPSA) is 71.3 Å². The fourth-order valence-electron chi connectivity index (χ4n) is 3.00. The molecule has 7 heteroatoms. The van der Waals surface area contributed by atoms with Crippen molar-refractivity contribution < 1.29 is 0 Å². The van der Waals surface area contributed by atoms with E-state index in [0.29, 0.717) is 21.0 Å². The Morgan fingerprint density at radius 2 is 2.00 bits per heavy atom. The van der Waals surface area contributed by atoms with Gasteiger partial charge in [0, 0.05) is 18.8 Å². The van der Waals surface area contributed by atoms with Crippen molar-refractivity contribution in [2.45, 2.75) is 13.1 Å². The van der Waals surface area contributed by atoms with Gasteiger partial charge in [-0.3, -0.25) is 4.79 Å². The molecule has 0 saturated heterocycles. The molecule has 4 aromatic rings. The number of para-hydroxylation sites is 1. The van der Waals surface area contributed by atoms with Crippen LogP contribution in [0.3, 0.4) is 0 Å². The predicted molar refractivity (Wildman–Crippen MR) is 94.9 cm³/mol. The van der Waals surface area contributed by atoms with E-state index in [1.807, 2.05) is 24.3 Å². The second kappa shape index (κ2) is 5.12. The number of aromatic nitrogens is 3. The molecular weight excluding hydrogens is 322 g/mol. The molecule has 2 aromatic carbocycles. The Hall–Kier alpha value is -2.77. The van der Waals surface area contributed by atoms with Crippen LogP contribution in [0.2, 0.25) is 0 Å². The molecule has 0 radical (unpaired) electrons. The number of anilines is 2. The molecule has 1 aliphatic rings. The average molecular weight is 335 g/mol. The molecule has 0 amide bonds. The second-order valence-electron chi connectivity index (χ2n) is 5.75. The lowest BCUT2D eigenvalue weighted by Crippen LogP contribution is -2.15. The van der Waals surface area contributed by atoms with Crippen LogP contribution in [0.5, 0.6) is 0 Å². The zero-order valence-electron chi connectivity index (χ0n) is 12.6. The van der Waals surface area contributed by atoms with Crippen LogP contribution < -0.4 is 16.2 Å². The third-order valence-electron chi connectivity index (χ3n) is 4.19. The number of rotatable bonds is 2.